The van der Waals surface area contributed by atoms with Crippen molar-refractivity contribution in [2.45, 2.75) is 26.4 Å². The minimum Gasteiger partial charge on any atom is -0.331 e. The molecule has 2 nitrogen and oxygen atoms in total. The zero-order valence-electron chi connectivity index (χ0n) is 8.77. The van der Waals surface area contributed by atoms with Gasteiger partial charge >= 0.3 is 6.18 Å². The van der Waals surface area contributed by atoms with Crippen LogP contribution in [0.25, 0.3) is 0 Å². The lowest BCUT2D eigenvalue weighted by Gasteiger charge is -2.25. The first-order valence-corrected chi connectivity index (χ1v) is 4.73. The Morgan fingerprint density at radius 3 is 2.27 bits per heavy atom. The van der Waals surface area contributed by atoms with Crippen molar-refractivity contribution < 1.29 is 22.4 Å². The first kappa shape index (κ1) is 14.2. The highest BCUT2D eigenvalue weighted by molar-refractivity contribution is 5.78. The van der Waals surface area contributed by atoms with Crippen LogP contribution < -0.4 is 0 Å². The average Bonchev–Trinajstić information content (AvgIpc) is 2.13. The van der Waals surface area contributed by atoms with Gasteiger partial charge in [0.25, 0.3) is 0 Å². The van der Waals surface area contributed by atoms with Gasteiger partial charge in [-0.05, 0) is 6.42 Å². The van der Waals surface area contributed by atoms with Gasteiger partial charge in [-0.1, -0.05) is 13.8 Å². The predicted molar refractivity (Wildman–Crippen MR) is 48.1 cm³/mol. The van der Waals surface area contributed by atoms with E-state index in [1.807, 2.05) is 0 Å². The Bertz CT molecular complexity index is 205. The molecule has 0 spiro atoms. The highest BCUT2D eigenvalue weighted by Gasteiger charge is 2.33. The fraction of sp³-hybridized carbons (Fsp3) is 0.889. The van der Waals surface area contributed by atoms with Crippen LogP contribution in [0, 0.1) is 5.92 Å². The lowest BCUT2D eigenvalue weighted by Crippen LogP contribution is -2.42. The number of nitrogens with zero attached hydrogens (tertiary/aromatic N) is 1. The Morgan fingerprint density at radius 1 is 1.40 bits per heavy atom. The maximum absolute atomic E-state index is 12.0. The molecule has 0 aliphatic heterocycles. The summed E-state index contributed by atoms with van der Waals surface area (Å²) < 4.78 is 48.1. The molecule has 0 saturated heterocycles. The first-order valence-electron chi connectivity index (χ1n) is 4.73. The van der Waals surface area contributed by atoms with Gasteiger partial charge in [-0.2, -0.15) is 13.2 Å². The Labute approximate surface area is 86.2 Å². The van der Waals surface area contributed by atoms with Crippen LogP contribution in [-0.4, -0.2) is 36.7 Å². The predicted octanol–water partition coefficient (Wildman–Crippen LogP) is 2.39. The van der Waals surface area contributed by atoms with E-state index in [0.29, 0.717) is 11.3 Å². The molecule has 6 heteroatoms. The molecule has 15 heavy (non-hydrogen) atoms. The molecule has 0 unspecified atom stereocenters. The normalized spacial score (nSPS) is 13.7. The molecular weight excluding hydrogens is 214 g/mol. The third-order valence-corrected chi connectivity index (χ3v) is 2.07. The molecule has 0 N–H and O–H groups in total. The summed E-state index contributed by atoms with van der Waals surface area (Å²) in [6.45, 7) is 0.398. The molecule has 1 atom stereocenters. The lowest BCUT2D eigenvalue weighted by atomic mass is 10.1. The molecule has 0 bridgehead atoms. The average molecular weight is 229 g/mol. The van der Waals surface area contributed by atoms with Crippen LogP contribution in [0.5, 0.6) is 0 Å². The van der Waals surface area contributed by atoms with E-state index in [2.05, 4.69) is 0 Å². The number of hydrogen-bond donors (Lipinski definition) is 0. The number of halogens is 4. The molecule has 0 aliphatic carbocycles. The molecule has 90 valence electrons. The van der Waals surface area contributed by atoms with Gasteiger partial charge in [0.2, 0.25) is 5.91 Å². The standard InChI is InChI=1S/C9H15F4NO/c1-3-7(2)8(15)14(5-4-10)6-9(11,12)13/h7H,3-6H2,1-2H3/t7-/m0/s1. The molecule has 0 radical (unpaired) electrons. The lowest BCUT2D eigenvalue weighted by molar-refractivity contribution is -0.163. The quantitative estimate of drug-likeness (QED) is 0.663. The summed E-state index contributed by atoms with van der Waals surface area (Å²) in [5, 5.41) is 0. The SMILES string of the molecule is CC[C@H](C)C(=O)N(CCF)CC(F)(F)F. The molecule has 0 heterocycles. The summed E-state index contributed by atoms with van der Waals surface area (Å²) in [7, 11) is 0. The molecule has 0 saturated carbocycles. The minimum atomic E-state index is -4.47. The molecule has 0 aromatic rings. The van der Waals surface area contributed by atoms with Gasteiger partial charge in [-0.15, -0.1) is 0 Å². The largest absolute Gasteiger partial charge is 0.406 e. The van der Waals surface area contributed by atoms with Gasteiger partial charge in [0.15, 0.2) is 0 Å². The molecule has 0 aromatic heterocycles. The number of amides is 1. The van der Waals surface area contributed by atoms with Crippen LogP contribution >= 0.6 is 0 Å². The Kier molecular flexibility index (Phi) is 5.60. The second-order valence-electron chi connectivity index (χ2n) is 3.37. The highest BCUT2D eigenvalue weighted by Crippen LogP contribution is 2.18. The number of hydrogen-bond acceptors (Lipinski definition) is 1. The van der Waals surface area contributed by atoms with Crippen LogP contribution in [0.2, 0.25) is 0 Å². The Morgan fingerprint density at radius 2 is 1.93 bits per heavy atom. The monoisotopic (exact) mass is 229 g/mol. The van der Waals surface area contributed by atoms with Gasteiger partial charge in [0, 0.05) is 12.5 Å². The van der Waals surface area contributed by atoms with Crippen LogP contribution in [0.15, 0.2) is 0 Å². The Hall–Kier alpha value is -0.810. The van der Waals surface area contributed by atoms with Crippen LogP contribution in [0.4, 0.5) is 17.6 Å². The van der Waals surface area contributed by atoms with Crippen molar-refractivity contribution in [3.63, 3.8) is 0 Å². The zero-order valence-corrected chi connectivity index (χ0v) is 8.77. The summed E-state index contributed by atoms with van der Waals surface area (Å²) in [5.74, 6) is -1.15. The van der Waals surface area contributed by atoms with E-state index in [1.165, 1.54) is 6.92 Å². The van der Waals surface area contributed by atoms with Crippen LogP contribution in [-0.2, 0) is 4.79 Å². The van der Waals surface area contributed by atoms with E-state index < -0.39 is 37.8 Å². The van der Waals surface area contributed by atoms with Crippen molar-refractivity contribution in [1.29, 1.82) is 0 Å². The van der Waals surface area contributed by atoms with Gasteiger partial charge in [0.05, 0.1) is 0 Å². The number of carbonyl (C=O) groups is 1. The van der Waals surface area contributed by atoms with Crippen molar-refractivity contribution >= 4 is 5.91 Å². The molecule has 0 aromatic carbocycles. The minimum absolute atomic E-state index is 0.444. The fourth-order valence-corrected chi connectivity index (χ4v) is 1.07. The molecule has 1 amide bonds. The van der Waals surface area contributed by atoms with Crippen molar-refractivity contribution in [3.05, 3.63) is 0 Å². The number of rotatable bonds is 5. The van der Waals surface area contributed by atoms with Gasteiger partial charge in [-0.25, -0.2) is 4.39 Å². The maximum Gasteiger partial charge on any atom is 0.406 e. The second kappa shape index (κ2) is 5.92. The number of carbonyl (C=O) groups excluding carboxylic acids is 1. The summed E-state index contributed by atoms with van der Waals surface area (Å²) in [6, 6.07) is 0. The van der Waals surface area contributed by atoms with E-state index in [9.17, 15) is 22.4 Å². The van der Waals surface area contributed by atoms with Gasteiger partial charge in [0.1, 0.15) is 13.2 Å². The molecule has 0 rings (SSSR count). The zero-order chi connectivity index (χ0) is 12.1. The number of alkyl halides is 4. The second-order valence-corrected chi connectivity index (χ2v) is 3.37. The van der Waals surface area contributed by atoms with Crippen LogP contribution in [0.3, 0.4) is 0 Å². The van der Waals surface area contributed by atoms with E-state index in [0.717, 1.165) is 0 Å². The van der Waals surface area contributed by atoms with Crippen LogP contribution in [0.1, 0.15) is 20.3 Å². The molecular formula is C9H15F4NO. The summed E-state index contributed by atoms with van der Waals surface area (Å²) >= 11 is 0. The first-order chi connectivity index (χ1) is 6.81. The fourth-order valence-electron chi connectivity index (χ4n) is 1.07. The third kappa shape index (κ3) is 5.59. The van der Waals surface area contributed by atoms with Gasteiger partial charge in [-0.3, -0.25) is 4.79 Å². The van der Waals surface area contributed by atoms with Gasteiger partial charge < -0.3 is 4.90 Å². The van der Waals surface area contributed by atoms with Crippen molar-refractivity contribution in [2.75, 3.05) is 19.8 Å². The van der Waals surface area contributed by atoms with Crippen molar-refractivity contribution in [2.24, 2.45) is 5.92 Å². The molecule has 0 fully saturated rings. The van der Waals surface area contributed by atoms with Crippen molar-refractivity contribution in [1.82, 2.24) is 4.90 Å². The smallest absolute Gasteiger partial charge is 0.331 e. The summed E-state index contributed by atoms with van der Waals surface area (Å²) in [6.07, 6.45) is -4.03. The molecule has 0 aliphatic rings. The van der Waals surface area contributed by atoms with E-state index in [4.69, 9.17) is 0 Å². The highest BCUT2D eigenvalue weighted by atomic mass is 19.4. The Balaban J connectivity index is 4.45. The van der Waals surface area contributed by atoms with E-state index >= 15 is 0 Å². The summed E-state index contributed by atoms with van der Waals surface area (Å²) in [5.41, 5.74) is 0. The van der Waals surface area contributed by atoms with E-state index in [-0.39, 0.29) is 0 Å². The maximum atomic E-state index is 12.0. The topological polar surface area (TPSA) is 20.3 Å². The third-order valence-electron chi connectivity index (χ3n) is 2.07. The van der Waals surface area contributed by atoms with Crippen molar-refractivity contribution in [3.8, 4) is 0 Å². The summed E-state index contributed by atoms with van der Waals surface area (Å²) in [4.78, 5) is 11.9. The van der Waals surface area contributed by atoms with E-state index in [1.54, 1.807) is 6.92 Å².